The van der Waals surface area contributed by atoms with Crippen molar-refractivity contribution in [3.63, 3.8) is 0 Å². The molecule has 0 radical (unpaired) electrons. The number of methoxy groups -OCH3 is 1. The summed E-state index contributed by atoms with van der Waals surface area (Å²) in [5.41, 5.74) is 3.79. The lowest BCUT2D eigenvalue weighted by Gasteiger charge is -2.09. The number of esters is 1. The van der Waals surface area contributed by atoms with E-state index >= 15 is 0 Å². The zero-order chi connectivity index (χ0) is 15.2. The molecule has 0 fully saturated rings. The molecule has 1 aromatic carbocycles. The van der Waals surface area contributed by atoms with Gasteiger partial charge in [-0.3, -0.25) is 0 Å². The largest absolute Gasteiger partial charge is 0.465 e. The van der Waals surface area contributed by atoms with Crippen LogP contribution in [0.1, 0.15) is 27.2 Å². The second-order valence-corrected chi connectivity index (χ2v) is 4.92. The van der Waals surface area contributed by atoms with E-state index in [1.807, 2.05) is 6.07 Å². The fourth-order valence-electron chi connectivity index (χ4n) is 2.20. The van der Waals surface area contributed by atoms with E-state index in [-0.39, 0.29) is 5.97 Å². The molecule has 2 aromatic rings. The third-order valence-corrected chi connectivity index (χ3v) is 3.45. The van der Waals surface area contributed by atoms with Crippen LogP contribution < -0.4 is 5.32 Å². The molecule has 0 bridgehead atoms. The van der Waals surface area contributed by atoms with Crippen LogP contribution in [0.25, 0.3) is 0 Å². The lowest BCUT2D eigenvalue weighted by molar-refractivity contribution is 0.0599. The van der Waals surface area contributed by atoms with E-state index in [4.69, 9.17) is 4.74 Å². The van der Waals surface area contributed by atoms with Crippen LogP contribution in [-0.4, -0.2) is 24.6 Å². The smallest absolute Gasteiger partial charge is 0.339 e. The number of pyridine rings is 1. The molecule has 0 unspecified atom stereocenters. The maximum Gasteiger partial charge on any atom is 0.339 e. The molecule has 110 valence electrons. The molecule has 0 aliphatic heterocycles. The number of aromatic nitrogens is 1. The summed E-state index contributed by atoms with van der Waals surface area (Å²) in [5, 5.41) is 3.28. The molecule has 0 atom stereocenters. The van der Waals surface area contributed by atoms with Crippen molar-refractivity contribution in [3.05, 3.63) is 58.8 Å². The summed E-state index contributed by atoms with van der Waals surface area (Å²) in [6.45, 7) is 4.72. The molecule has 0 saturated carbocycles. The Labute approximate surface area is 125 Å². The van der Waals surface area contributed by atoms with E-state index in [2.05, 4.69) is 35.4 Å². The molecule has 0 aliphatic rings. The molecule has 2 rings (SSSR count). The average molecular weight is 284 g/mol. The highest BCUT2D eigenvalue weighted by Crippen LogP contribution is 2.12. The van der Waals surface area contributed by atoms with E-state index in [1.54, 1.807) is 19.1 Å². The van der Waals surface area contributed by atoms with Crippen molar-refractivity contribution in [2.24, 2.45) is 0 Å². The number of rotatable bonds is 5. The average Bonchev–Trinajstić information content (AvgIpc) is 2.48. The molecule has 0 saturated heterocycles. The second kappa shape index (κ2) is 6.88. The van der Waals surface area contributed by atoms with Crippen LogP contribution in [0, 0.1) is 13.8 Å². The number of nitrogens with one attached hydrogen (secondary N) is 1. The van der Waals surface area contributed by atoms with Crippen LogP contribution >= 0.6 is 0 Å². The number of anilines is 1. The first kappa shape index (κ1) is 15.0. The predicted octanol–water partition coefficient (Wildman–Crippen LogP) is 3.14. The van der Waals surface area contributed by atoms with Gasteiger partial charge in [-0.25, -0.2) is 9.78 Å². The summed E-state index contributed by atoms with van der Waals surface area (Å²) >= 11 is 0. The van der Waals surface area contributed by atoms with Crippen LogP contribution in [0.4, 0.5) is 5.82 Å². The van der Waals surface area contributed by atoms with Crippen molar-refractivity contribution >= 4 is 11.8 Å². The molecule has 4 heteroatoms. The number of aryl methyl sites for hydroxylation is 2. The fourth-order valence-corrected chi connectivity index (χ4v) is 2.20. The molecular weight excluding hydrogens is 264 g/mol. The van der Waals surface area contributed by atoms with E-state index < -0.39 is 0 Å². The molecular formula is C17H20N2O2. The van der Waals surface area contributed by atoms with Crippen molar-refractivity contribution in [1.82, 2.24) is 4.98 Å². The Balaban J connectivity index is 1.97. The monoisotopic (exact) mass is 284 g/mol. The number of hydrogen-bond donors (Lipinski definition) is 1. The Hall–Kier alpha value is -2.36. The van der Waals surface area contributed by atoms with Crippen molar-refractivity contribution in [3.8, 4) is 0 Å². The van der Waals surface area contributed by atoms with Crippen LogP contribution in [0.2, 0.25) is 0 Å². The second-order valence-electron chi connectivity index (χ2n) is 4.92. The first-order valence-corrected chi connectivity index (χ1v) is 6.96. The molecule has 1 aromatic heterocycles. The maximum absolute atomic E-state index is 11.5. The number of benzene rings is 1. The molecule has 1 heterocycles. The summed E-state index contributed by atoms with van der Waals surface area (Å²) in [4.78, 5) is 15.9. The molecule has 4 nitrogen and oxygen atoms in total. The highest BCUT2D eigenvalue weighted by atomic mass is 16.5. The third-order valence-electron chi connectivity index (χ3n) is 3.45. The summed E-state index contributed by atoms with van der Waals surface area (Å²) in [5.74, 6) is 0.417. The van der Waals surface area contributed by atoms with E-state index in [9.17, 15) is 4.79 Å². The Morgan fingerprint density at radius 1 is 1.19 bits per heavy atom. The topological polar surface area (TPSA) is 51.2 Å². The normalized spacial score (nSPS) is 10.2. The first-order valence-electron chi connectivity index (χ1n) is 6.96. The Morgan fingerprint density at radius 2 is 1.95 bits per heavy atom. The highest BCUT2D eigenvalue weighted by molar-refractivity contribution is 5.90. The van der Waals surface area contributed by atoms with E-state index in [0.717, 1.165) is 18.8 Å². The zero-order valence-electron chi connectivity index (χ0n) is 12.6. The van der Waals surface area contributed by atoms with Crippen LogP contribution in [0.15, 0.2) is 36.4 Å². The van der Waals surface area contributed by atoms with Gasteiger partial charge in [-0.1, -0.05) is 24.3 Å². The summed E-state index contributed by atoms with van der Waals surface area (Å²) < 4.78 is 4.71. The van der Waals surface area contributed by atoms with Crippen molar-refractivity contribution < 1.29 is 9.53 Å². The van der Waals surface area contributed by atoms with Gasteiger partial charge in [0.1, 0.15) is 5.82 Å². The van der Waals surface area contributed by atoms with Crippen molar-refractivity contribution in [1.29, 1.82) is 0 Å². The fraction of sp³-hybridized carbons (Fsp3) is 0.294. The van der Waals surface area contributed by atoms with Gasteiger partial charge in [0.15, 0.2) is 0 Å². The predicted molar refractivity (Wildman–Crippen MR) is 83.7 cm³/mol. The minimum absolute atomic E-state index is 0.355. The van der Waals surface area contributed by atoms with E-state index in [0.29, 0.717) is 11.3 Å². The van der Waals surface area contributed by atoms with Gasteiger partial charge in [-0.15, -0.1) is 0 Å². The summed E-state index contributed by atoms with van der Waals surface area (Å²) in [6, 6.07) is 11.9. The van der Waals surface area contributed by atoms with Gasteiger partial charge in [-0.05, 0) is 43.5 Å². The number of carbonyl (C=O) groups is 1. The molecule has 21 heavy (non-hydrogen) atoms. The van der Waals surface area contributed by atoms with Crippen molar-refractivity contribution in [2.45, 2.75) is 20.3 Å². The van der Waals surface area contributed by atoms with Gasteiger partial charge in [0.25, 0.3) is 0 Å². The van der Waals surface area contributed by atoms with Gasteiger partial charge in [0, 0.05) is 6.54 Å². The number of hydrogen-bond acceptors (Lipinski definition) is 4. The Kier molecular flexibility index (Phi) is 4.93. The maximum atomic E-state index is 11.5. The minimum Gasteiger partial charge on any atom is -0.465 e. The Bertz CT molecular complexity index is 638. The number of ether oxygens (including phenoxy) is 1. The van der Waals surface area contributed by atoms with Crippen LogP contribution in [-0.2, 0) is 11.2 Å². The third kappa shape index (κ3) is 3.81. The highest BCUT2D eigenvalue weighted by Gasteiger charge is 2.10. The quantitative estimate of drug-likeness (QED) is 0.857. The Morgan fingerprint density at radius 3 is 2.62 bits per heavy atom. The van der Waals surface area contributed by atoms with Crippen molar-refractivity contribution in [2.75, 3.05) is 19.0 Å². The van der Waals surface area contributed by atoms with Gasteiger partial charge in [0.2, 0.25) is 0 Å². The lowest BCUT2D eigenvalue weighted by atomic mass is 10.1. The zero-order valence-corrected chi connectivity index (χ0v) is 12.6. The molecule has 0 spiro atoms. The van der Waals surface area contributed by atoms with Gasteiger partial charge in [0.05, 0.1) is 18.4 Å². The first-order chi connectivity index (χ1) is 10.1. The van der Waals surface area contributed by atoms with Gasteiger partial charge < -0.3 is 10.1 Å². The van der Waals surface area contributed by atoms with Gasteiger partial charge >= 0.3 is 5.97 Å². The van der Waals surface area contributed by atoms with Gasteiger partial charge in [-0.2, -0.15) is 0 Å². The van der Waals surface area contributed by atoms with Crippen LogP contribution in [0.3, 0.4) is 0 Å². The van der Waals surface area contributed by atoms with Crippen LogP contribution in [0.5, 0.6) is 0 Å². The SMILES string of the molecule is COC(=O)c1ccc(NCCc2ccccc2C)nc1C. The molecule has 0 aliphatic carbocycles. The summed E-state index contributed by atoms with van der Waals surface area (Å²) in [6.07, 6.45) is 0.937. The molecule has 0 amide bonds. The standard InChI is InChI=1S/C17H20N2O2/c1-12-6-4-5-7-14(12)10-11-18-16-9-8-15(13(2)19-16)17(20)21-3/h4-9H,10-11H2,1-3H3,(H,18,19). The number of nitrogens with zero attached hydrogens (tertiary/aromatic N) is 1. The molecule has 1 N–H and O–H groups in total. The summed E-state index contributed by atoms with van der Waals surface area (Å²) in [7, 11) is 1.37. The van der Waals surface area contributed by atoms with E-state index in [1.165, 1.54) is 18.2 Å². The lowest BCUT2D eigenvalue weighted by Crippen LogP contribution is -2.10. The number of carbonyl (C=O) groups excluding carboxylic acids is 1. The minimum atomic E-state index is -0.355.